The van der Waals surface area contributed by atoms with Crippen molar-refractivity contribution in [3.05, 3.63) is 29.6 Å². The van der Waals surface area contributed by atoms with E-state index in [1.54, 1.807) is 0 Å². The average molecular weight is 371 g/mol. The second kappa shape index (κ2) is 8.27. The maximum Gasteiger partial charge on any atom is 0.318 e. The van der Waals surface area contributed by atoms with Crippen molar-refractivity contribution in [1.29, 1.82) is 0 Å². The normalized spacial score (nSPS) is 21.5. The van der Waals surface area contributed by atoms with Gasteiger partial charge in [0, 0.05) is 32.2 Å². The number of piperidine rings is 1. The molecule has 2 aliphatic rings. The number of amides is 2. The molecule has 0 radical (unpaired) electrons. The molecule has 2 fully saturated rings. The minimum Gasteiger partial charge on any atom is -0.379 e. The molecular weight excluding hydrogens is 342 g/mol. The number of hydrogen-bond donors (Lipinski definition) is 2. The molecule has 2 aromatic rings. The minimum atomic E-state index is 0.0181. The summed E-state index contributed by atoms with van der Waals surface area (Å²) in [5.41, 5.74) is 3.15. The number of H-pyrrole nitrogens is 1. The average Bonchev–Trinajstić information content (AvgIpc) is 3.09. The van der Waals surface area contributed by atoms with Gasteiger partial charge in [0.25, 0.3) is 0 Å². The monoisotopic (exact) mass is 371 g/mol. The third-order valence-electron chi connectivity index (χ3n) is 5.55. The molecule has 7 heteroatoms. The SMILES string of the molecule is Cc1ccc2nc(CNC(=O)N3CCCCC3CN3CCOCC3)[nH]c2c1. The fraction of sp³-hybridized carbons (Fsp3) is 0.600. The summed E-state index contributed by atoms with van der Waals surface area (Å²) in [5.74, 6) is 0.797. The van der Waals surface area contributed by atoms with Gasteiger partial charge in [-0.05, 0) is 43.9 Å². The molecule has 27 heavy (non-hydrogen) atoms. The molecule has 4 rings (SSSR count). The summed E-state index contributed by atoms with van der Waals surface area (Å²) in [6.07, 6.45) is 3.35. The number of imidazole rings is 1. The van der Waals surface area contributed by atoms with Gasteiger partial charge in [-0.15, -0.1) is 0 Å². The van der Waals surface area contributed by atoms with E-state index in [0.29, 0.717) is 6.54 Å². The summed E-state index contributed by atoms with van der Waals surface area (Å²) in [7, 11) is 0. The van der Waals surface area contributed by atoms with Crippen molar-refractivity contribution in [1.82, 2.24) is 25.1 Å². The van der Waals surface area contributed by atoms with Crippen LogP contribution in [0.3, 0.4) is 0 Å². The van der Waals surface area contributed by atoms with Gasteiger partial charge < -0.3 is 19.9 Å². The Bertz CT molecular complexity index is 784. The van der Waals surface area contributed by atoms with E-state index in [1.165, 1.54) is 12.0 Å². The fourth-order valence-electron chi connectivity index (χ4n) is 4.06. The van der Waals surface area contributed by atoms with Crippen molar-refractivity contribution in [3.63, 3.8) is 0 Å². The van der Waals surface area contributed by atoms with E-state index in [4.69, 9.17) is 4.74 Å². The predicted molar refractivity (Wildman–Crippen MR) is 105 cm³/mol. The third-order valence-corrected chi connectivity index (χ3v) is 5.55. The number of nitrogens with zero attached hydrogens (tertiary/aromatic N) is 3. The van der Waals surface area contributed by atoms with E-state index < -0.39 is 0 Å². The van der Waals surface area contributed by atoms with Gasteiger partial charge in [0.2, 0.25) is 0 Å². The number of nitrogens with one attached hydrogen (secondary N) is 2. The Labute approximate surface area is 160 Å². The molecule has 2 amide bonds. The molecule has 0 bridgehead atoms. The highest BCUT2D eigenvalue weighted by Crippen LogP contribution is 2.19. The summed E-state index contributed by atoms with van der Waals surface area (Å²) < 4.78 is 5.44. The molecule has 3 heterocycles. The summed E-state index contributed by atoms with van der Waals surface area (Å²) in [4.78, 5) is 25.1. The zero-order valence-electron chi connectivity index (χ0n) is 16.0. The second-order valence-electron chi connectivity index (χ2n) is 7.62. The van der Waals surface area contributed by atoms with Crippen LogP contribution in [0.5, 0.6) is 0 Å². The lowest BCUT2D eigenvalue weighted by atomic mass is 10.0. The maximum absolute atomic E-state index is 12.8. The van der Waals surface area contributed by atoms with Crippen LogP contribution in [0.4, 0.5) is 4.79 Å². The molecule has 2 aliphatic heterocycles. The molecule has 7 nitrogen and oxygen atoms in total. The Morgan fingerprint density at radius 2 is 2.15 bits per heavy atom. The summed E-state index contributed by atoms with van der Waals surface area (Å²) >= 11 is 0. The van der Waals surface area contributed by atoms with Gasteiger partial charge >= 0.3 is 6.03 Å². The van der Waals surface area contributed by atoms with Crippen molar-refractivity contribution in [3.8, 4) is 0 Å². The first kappa shape index (κ1) is 18.3. The number of fused-ring (bicyclic) bond motifs is 1. The molecule has 1 atom stereocenters. The number of carbonyl (C=O) groups excluding carboxylic acids is 1. The van der Waals surface area contributed by atoms with E-state index in [-0.39, 0.29) is 12.1 Å². The third kappa shape index (κ3) is 4.42. The topological polar surface area (TPSA) is 73.5 Å². The van der Waals surface area contributed by atoms with Crippen LogP contribution in [-0.4, -0.2) is 71.2 Å². The first-order chi connectivity index (χ1) is 13.2. The van der Waals surface area contributed by atoms with E-state index in [2.05, 4.69) is 39.2 Å². The summed E-state index contributed by atoms with van der Waals surface area (Å²) in [5, 5.41) is 3.06. The summed E-state index contributed by atoms with van der Waals surface area (Å²) in [6, 6.07) is 6.45. The standard InChI is InChI=1S/C20H29N5O2/c1-15-5-6-17-18(12-15)23-19(22-17)13-21-20(26)25-7-3-2-4-16(25)14-24-8-10-27-11-9-24/h5-6,12,16H,2-4,7-11,13-14H2,1H3,(H,21,26)(H,22,23). The molecule has 0 aliphatic carbocycles. The van der Waals surface area contributed by atoms with Gasteiger partial charge in [-0.3, -0.25) is 4.90 Å². The molecule has 1 unspecified atom stereocenters. The van der Waals surface area contributed by atoms with E-state index >= 15 is 0 Å². The molecule has 146 valence electrons. The van der Waals surface area contributed by atoms with Gasteiger partial charge in [0.1, 0.15) is 5.82 Å². The van der Waals surface area contributed by atoms with Crippen LogP contribution < -0.4 is 5.32 Å². The van der Waals surface area contributed by atoms with Crippen LogP contribution >= 0.6 is 0 Å². The number of benzene rings is 1. The quantitative estimate of drug-likeness (QED) is 0.865. The smallest absolute Gasteiger partial charge is 0.318 e. The number of aromatic amines is 1. The number of hydrogen-bond acceptors (Lipinski definition) is 4. The van der Waals surface area contributed by atoms with Gasteiger partial charge in [0.05, 0.1) is 30.8 Å². The first-order valence-corrected chi connectivity index (χ1v) is 9.99. The number of rotatable bonds is 4. The highest BCUT2D eigenvalue weighted by molar-refractivity contribution is 5.77. The largest absolute Gasteiger partial charge is 0.379 e. The number of carbonyl (C=O) groups is 1. The number of likely N-dealkylation sites (tertiary alicyclic amines) is 1. The van der Waals surface area contributed by atoms with Gasteiger partial charge in [-0.2, -0.15) is 0 Å². The fourth-order valence-corrected chi connectivity index (χ4v) is 4.06. The Morgan fingerprint density at radius 3 is 3.00 bits per heavy atom. The maximum atomic E-state index is 12.8. The zero-order chi connectivity index (χ0) is 18.6. The molecule has 0 spiro atoms. The zero-order valence-corrected chi connectivity index (χ0v) is 16.0. The molecule has 2 saturated heterocycles. The first-order valence-electron chi connectivity index (χ1n) is 9.99. The molecule has 0 saturated carbocycles. The molecule has 2 N–H and O–H groups in total. The number of aryl methyl sites for hydroxylation is 1. The summed E-state index contributed by atoms with van der Waals surface area (Å²) in [6.45, 7) is 7.78. The van der Waals surface area contributed by atoms with Crippen LogP contribution in [0.1, 0.15) is 30.7 Å². The lowest BCUT2D eigenvalue weighted by molar-refractivity contribution is 0.0221. The lowest BCUT2D eigenvalue weighted by Gasteiger charge is -2.39. The van der Waals surface area contributed by atoms with Crippen molar-refractivity contribution in [2.45, 2.75) is 38.8 Å². The highest BCUT2D eigenvalue weighted by Gasteiger charge is 2.28. The Balaban J connectivity index is 1.36. The Hall–Kier alpha value is -2.12. The van der Waals surface area contributed by atoms with E-state index in [9.17, 15) is 4.79 Å². The number of ether oxygens (including phenoxy) is 1. The number of morpholine rings is 1. The minimum absolute atomic E-state index is 0.0181. The van der Waals surface area contributed by atoms with Crippen LogP contribution in [0, 0.1) is 6.92 Å². The van der Waals surface area contributed by atoms with Crippen LogP contribution in [0.15, 0.2) is 18.2 Å². The number of aromatic nitrogens is 2. The Kier molecular flexibility index (Phi) is 5.59. The van der Waals surface area contributed by atoms with E-state index in [0.717, 1.165) is 69.1 Å². The molecule has 1 aromatic heterocycles. The lowest BCUT2D eigenvalue weighted by Crippen LogP contribution is -2.54. The van der Waals surface area contributed by atoms with Crippen LogP contribution in [-0.2, 0) is 11.3 Å². The van der Waals surface area contributed by atoms with Gasteiger partial charge in [0.15, 0.2) is 0 Å². The second-order valence-corrected chi connectivity index (χ2v) is 7.62. The molecular formula is C20H29N5O2. The van der Waals surface area contributed by atoms with Crippen LogP contribution in [0.2, 0.25) is 0 Å². The van der Waals surface area contributed by atoms with E-state index in [1.807, 2.05) is 11.0 Å². The van der Waals surface area contributed by atoms with Gasteiger partial charge in [-0.1, -0.05) is 6.07 Å². The predicted octanol–water partition coefficient (Wildman–Crippen LogP) is 2.27. The Morgan fingerprint density at radius 1 is 1.30 bits per heavy atom. The number of urea groups is 1. The molecule has 1 aromatic carbocycles. The van der Waals surface area contributed by atoms with Gasteiger partial charge in [-0.25, -0.2) is 9.78 Å². The van der Waals surface area contributed by atoms with Crippen molar-refractivity contribution in [2.24, 2.45) is 0 Å². The van der Waals surface area contributed by atoms with Crippen molar-refractivity contribution >= 4 is 17.1 Å². The highest BCUT2D eigenvalue weighted by atomic mass is 16.5. The van der Waals surface area contributed by atoms with Crippen LogP contribution in [0.25, 0.3) is 11.0 Å². The van der Waals surface area contributed by atoms with Crippen molar-refractivity contribution < 1.29 is 9.53 Å². The van der Waals surface area contributed by atoms with Crippen molar-refractivity contribution in [2.75, 3.05) is 39.4 Å².